The third-order valence-corrected chi connectivity index (χ3v) is 3.57. The zero-order valence-electron chi connectivity index (χ0n) is 11.2. The van der Waals surface area contributed by atoms with Gasteiger partial charge in [-0.1, -0.05) is 12.1 Å². The van der Waals surface area contributed by atoms with Crippen molar-refractivity contribution in [1.29, 1.82) is 0 Å². The number of halogens is 2. The summed E-state index contributed by atoms with van der Waals surface area (Å²) >= 11 is 0. The van der Waals surface area contributed by atoms with Crippen LogP contribution < -0.4 is 5.32 Å². The summed E-state index contributed by atoms with van der Waals surface area (Å²) in [4.78, 5) is 14.1. The first-order chi connectivity index (χ1) is 8.63. The highest BCUT2D eigenvalue weighted by Gasteiger charge is 2.31. The predicted octanol–water partition coefficient (Wildman–Crippen LogP) is 2.38. The third kappa shape index (κ3) is 3.45. The maximum atomic E-state index is 12.9. The summed E-state index contributed by atoms with van der Waals surface area (Å²) in [7, 11) is 0. The lowest BCUT2D eigenvalue weighted by atomic mass is 9.99. The number of nitrogens with zero attached hydrogens (tertiary/aromatic N) is 1. The molecule has 1 aliphatic rings. The molecule has 0 bridgehead atoms. The van der Waals surface area contributed by atoms with Crippen LogP contribution in [0.1, 0.15) is 25.5 Å². The highest BCUT2D eigenvalue weighted by Crippen LogP contribution is 2.23. The lowest BCUT2D eigenvalue weighted by molar-refractivity contribution is -0.139. The van der Waals surface area contributed by atoms with E-state index < -0.39 is 0 Å². The molecule has 19 heavy (non-hydrogen) atoms. The topological polar surface area (TPSA) is 32.3 Å². The second-order valence-corrected chi connectivity index (χ2v) is 4.71. The van der Waals surface area contributed by atoms with E-state index in [-0.39, 0.29) is 36.1 Å². The van der Waals surface area contributed by atoms with E-state index in [9.17, 15) is 9.18 Å². The average Bonchev–Trinajstić information content (AvgIpc) is 2.28. The molecule has 1 atom stereocenters. The smallest absolute Gasteiger partial charge is 0.228 e. The zero-order valence-corrected chi connectivity index (χ0v) is 12.0. The molecule has 1 unspecified atom stereocenters. The van der Waals surface area contributed by atoms with Crippen LogP contribution in [0, 0.1) is 11.7 Å². The Bertz CT molecular complexity index is 420. The Morgan fingerprint density at radius 2 is 2.00 bits per heavy atom. The Hall–Kier alpha value is -1.13. The van der Waals surface area contributed by atoms with Gasteiger partial charge >= 0.3 is 0 Å². The van der Waals surface area contributed by atoms with Crippen LogP contribution >= 0.6 is 12.4 Å². The van der Waals surface area contributed by atoms with E-state index in [1.165, 1.54) is 12.1 Å². The van der Waals surface area contributed by atoms with Gasteiger partial charge in [-0.15, -0.1) is 12.4 Å². The Balaban J connectivity index is 0.00000180. The van der Waals surface area contributed by atoms with Crippen molar-refractivity contribution >= 4 is 18.3 Å². The number of benzene rings is 1. The number of nitrogens with one attached hydrogen (secondary N) is 1. The van der Waals surface area contributed by atoms with Gasteiger partial charge in [0.2, 0.25) is 5.91 Å². The second kappa shape index (κ2) is 6.87. The molecular formula is C14H20ClFN2O. The highest BCUT2D eigenvalue weighted by molar-refractivity contribution is 5.85. The van der Waals surface area contributed by atoms with Crippen molar-refractivity contribution in [3.05, 3.63) is 35.6 Å². The Morgan fingerprint density at radius 1 is 1.42 bits per heavy atom. The first-order valence-corrected chi connectivity index (χ1v) is 6.40. The van der Waals surface area contributed by atoms with Crippen LogP contribution in [-0.2, 0) is 4.79 Å². The molecular weight excluding hydrogens is 267 g/mol. The van der Waals surface area contributed by atoms with Gasteiger partial charge in [-0.3, -0.25) is 4.79 Å². The van der Waals surface area contributed by atoms with Crippen molar-refractivity contribution in [3.63, 3.8) is 0 Å². The van der Waals surface area contributed by atoms with Crippen molar-refractivity contribution in [1.82, 2.24) is 10.2 Å². The fraction of sp³-hybridized carbons (Fsp3) is 0.500. The monoisotopic (exact) mass is 286 g/mol. The number of hydrogen-bond donors (Lipinski definition) is 1. The average molecular weight is 287 g/mol. The first-order valence-electron chi connectivity index (χ1n) is 6.40. The summed E-state index contributed by atoms with van der Waals surface area (Å²) in [6.07, 6.45) is 0. The van der Waals surface area contributed by atoms with Crippen LogP contribution in [0.3, 0.4) is 0 Å². The molecule has 1 fully saturated rings. The lowest BCUT2D eigenvalue weighted by Gasteiger charge is -2.35. The zero-order chi connectivity index (χ0) is 13.1. The van der Waals surface area contributed by atoms with Crippen LogP contribution in [0.25, 0.3) is 0 Å². The summed E-state index contributed by atoms with van der Waals surface area (Å²) < 4.78 is 12.9. The molecule has 1 heterocycles. The van der Waals surface area contributed by atoms with Crippen molar-refractivity contribution < 1.29 is 9.18 Å². The van der Waals surface area contributed by atoms with E-state index in [2.05, 4.69) is 5.32 Å². The minimum atomic E-state index is -0.247. The van der Waals surface area contributed by atoms with Gasteiger partial charge in [0.05, 0.1) is 12.0 Å². The van der Waals surface area contributed by atoms with Crippen molar-refractivity contribution in [2.75, 3.05) is 19.6 Å². The minimum Gasteiger partial charge on any atom is -0.336 e. The fourth-order valence-corrected chi connectivity index (χ4v) is 2.24. The second-order valence-electron chi connectivity index (χ2n) is 4.71. The van der Waals surface area contributed by atoms with Crippen LogP contribution in [0.5, 0.6) is 0 Å². The summed E-state index contributed by atoms with van der Waals surface area (Å²) in [5.41, 5.74) is 0.971. The Kier molecular flexibility index (Phi) is 5.76. The molecule has 1 aromatic carbocycles. The van der Waals surface area contributed by atoms with Gasteiger partial charge in [0.1, 0.15) is 5.82 Å². The van der Waals surface area contributed by atoms with E-state index in [0.717, 1.165) is 18.7 Å². The van der Waals surface area contributed by atoms with Gasteiger partial charge in [-0.25, -0.2) is 4.39 Å². The third-order valence-electron chi connectivity index (χ3n) is 3.57. The molecule has 0 radical (unpaired) electrons. The number of carbonyl (C=O) groups excluding carboxylic acids is 1. The van der Waals surface area contributed by atoms with E-state index in [0.29, 0.717) is 6.54 Å². The standard InChI is InChI=1S/C14H19FN2O.ClH/c1-3-17(14(18)12-8-16-9-12)10(2)11-4-6-13(15)7-5-11;/h4-7,10,12,16H,3,8-9H2,1-2H3;1H. The molecule has 1 N–H and O–H groups in total. The molecule has 0 spiro atoms. The van der Waals surface area contributed by atoms with Crippen LogP contribution in [0.2, 0.25) is 0 Å². The van der Waals surface area contributed by atoms with Crippen LogP contribution in [0.15, 0.2) is 24.3 Å². The largest absolute Gasteiger partial charge is 0.336 e. The van der Waals surface area contributed by atoms with E-state index in [1.54, 1.807) is 12.1 Å². The summed E-state index contributed by atoms with van der Waals surface area (Å²) in [5, 5.41) is 3.11. The van der Waals surface area contributed by atoms with Gasteiger partial charge in [0.25, 0.3) is 0 Å². The van der Waals surface area contributed by atoms with Gasteiger partial charge in [0.15, 0.2) is 0 Å². The van der Waals surface area contributed by atoms with E-state index >= 15 is 0 Å². The number of hydrogen-bond acceptors (Lipinski definition) is 2. The molecule has 2 rings (SSSR count). The van der Waals surface area contributed by atoms with Gasteiger partial charge in [-0.05, 0) is 31.5 Å². The van der Waals surface area contributed by atoms with Crippen molar-refractivity contribution in [2.24, 2.45) is 5.92 Å². The summed E-state index contributed by atoms with van der Waals surface area (Å²) in [6.45, 7) is 6.18. The SMILES string of the molecule is CCN(C(=O)C1CNC1)C(C)c1ccc(F)cc1.Cl. The molecule has 1 aliphatic heterocycles. The van der Waals surface area contributed by atoms with Gasteiger partial charge in [0, 0.05) is 19.6 Å². The van der Waals surface area contributed by atoms with Gasteiger partial charge < -0.3 is 10.2 Å². The minimum absolute atomic E-state index is 0. The molecule has 5 heteroatoms. The van der Waals surface area contributed by atoms with Crippen molar-refractivity contribution in [2.45, 2.75) is 19.9 Å². The maximum absolute atomic E-state index is 12.9. The number of carbonyl (C=O) groups is 1. The summed E-state index contributed by atoms with van der Waals surface area (Å²) in [5.74, 6) is 0.0458. The lowest BCUT2D eigenvalue weighted by Crippen LogP contribution is -2.52. The molecule has 1 saturated heterocycles. The molecule has 1 amide bonds. The highest BCUT2D eigenvalue weighted by atomic mass is 35.5. The van der Waals surface area contributed by atoms with E-state index in [4.69, 9.17) is 0 Å². The molecule has 0 aliphatic carbocycles. The normalized spacial score (nSPS) is 16.2. The molecule has 106 valence electrons. The fourth-order valence-electron chi connectivity index (χ4n) is 2.24. The van der Waals surface area contributed by atoms with Crippen LogP contribution in [0.4, 0.5) is 4.39 Å². The first kappa shape index (κ1) is 15.9. The maximum Gasteiger partial charge on any atom is 0.228 e. The number of rotatable bonds is 4. The number of amides is 1. The van der Waals surface area contributed by atoms with Crippen molar-refractivity contribution in [3.8, 4) is 0 Å². The summed E-state index contributed by atoms with van der Waals surface area (Å²) in [6, 6.07) is 6.36. The van der Waals surface area contributed by atoms with Gasteiger partial charge in [-0.2, -0.15) is 0 Å². The Morgan fingerprint density at radius 3 is 2.42 bits per heavy atom. The Labute approximate surface area is 119 Å². The molecule has 0 saturated carbocycles. The molecule has 1 aromatic rings. The van der Waals surface area contributed by atoms with E-state index in [1.807, 2.05) is 18.7 Å². The molecule has 0 aromatic heterocycles. The molecule has 3 nitrogen and oxygen atoms in total. The predicted molar refractivity (Wildman–Crippen MR) is 75.8 cm³/mol. The quantitative estimate of drug-likeness (QED) is 0.922. The van der Waals surface area contributed by atoms with Crippen LogP contribution in [-0.4, -0.2) is 30.4 Å².